The molecule has 0 spiro atoms. The molecule has 4 rings (SSSR count). The molecule has 0 atom stereocenters. The Morgan fingerprint density at radius 1 is 0.933 bits per heavy atom. The molecule has 8 nitrogen and oxygen atoms in total. The molecule has 2 aromatic heterocycles. The summed E-state index contributed by atoms with van der Waals surface area (Å²) in [4.78, 5) is 24.6. The number of hydrogen-bond acceptors (Lipinski definition) is 4. The second-order valence-corrected chi connectivity index (χ2v) is 6.97. The summed E-state index contributed by atoms with van der Waals surface area (Å²) in [5.74, 6) is -0.632. The van der Waals surface area contributed by atoms with Gasteiger partial charge < -0.3 is 10.6 Å². The van der Waals surface area contributed by atoms with Crippen LogP contribution in [0.3, 0.4) is 0 Å². The summed E-state index contributed by atoms with van der Waals surface area (Å²) in [7, 11) is 1.74. The molecule has 2 aromatic carbocycles. The van der Waals surface area contributed by atoms with Gasteiger partial charge in [0.2, 0.25) is 0 Å². The van der Waals surface area contributed by atoms with Crippen LogP contribution in [0.25, 0.3) is 11.3 Å². The van der Waals surface area contributed by atoms with E-state index in [1.54, 1.807) is 66.5 Å². The van der Waals surface area contributed by atoms with Gasteiger partial charge in [-0.25, -0.2) is 0 Å². The quantitative estimate of drug-likeness (QED) is 0.454. The number of benzene rings is 2. The summed E-state index contributed by atoms with van der Waals surface area (Å²) < 4.78 is 1.56. The van der Waals surface area contributed by atoms with Crippen molar-refractivity contribution in [1.29, 1.82) is 0 Å². The van der Waals surface area contributed by atoms with Gasteiger partial charge in [-0.1, -0.05) is 23.7 Å². The van der Waals surface area contributed by atoms with Gasteiger partial charge in [-0.15, -0.1) is 0 Å². The molecule has 150 valence electrons. The maximum Gasteiger partial charge on any atom is 0.276 e. The Morgan fingerprint density at radius 2 is 1.57 bits per heavy atom. The molecule has 0 aliphatic heterocycles. The van der Waals surface area contributed by atoms with Gasteiger partial charge >= 0.3 is 0 Å². The largest absolute Gasteiger partial charge is 0.321 e. The fourth-order valence-corrected chi connectivity index (χ4v) is 2.90. The Bertz CT molecular complexity index is 1190. The number of aromatic nitrogens is 4. The van der Waals surface area contributed by atoms with E-state index in [4.69, 9.17) is 11.6 Å². The average Bonchev–Trinajstić information content (AvgIpc) is 3.40. The van der Waals surface area contributed by atoms with Crippen LogP contribution in [-0.4, -0.2) is 31.8 Å². The number of nitrogens with zero attached hydrogens (tertiary/aromatic N) is 3. The van der Waals surface area contributed by atoms with E-state index >= 15 is 0 Å². The van der Waals surface area contributed by atoms with E-state index in [1.807, 2.05) is 12.1 Å². The smallest absolute Gasteiger partial charge is 0.276 e. The van der Waals surface area contributed by atoms with E-state index < -0.39 is 0 Å². The number of nitrogens with one attached hydrogen (secondary N) is 3. The standard InChI is InChI=1S/C21H17ClN6O2/c1-28-11-10-17(27-28)20(29)23-15-6-8-16(9-7-15)24-21(30)19-12-18(25-26-19)13-2-4-14(22)5-3-13/h2-12H,1H3,(H,23,29)(H,24,30)(H,25,26). The number of carbonyl (C=O) groups is 2. The molecule has 0 radical (unpaired) electrons. The van der Waals surface area contributed by atoms with E-state index in [0.29, 0.717) is 33.5 Å². The number of hydrogen-bond donors (Lipinski definition) is 3. The van der Waals surface area contributed by atoms with Gasteiger partial charge in [-0.05, 0) is 48.5 Å². The molecule has 0 fully saturated rings. The summed E-state index contributed by atoms with van der Waals surface area (Å²) >= 11 is 5.90. The van der Waals surface area contributed by atoms with Crippen LogP contribution in [0.2, 0.25) is 5.02 Å². The zero-order valence-electron chi connectivity index (χ0n) is 15.9. The molecular formula is C21H17ClN6O2. The van der Waals surface area contributed by atoms with E-state index in [1.165, 1.54) is 0 Å². The Hall–Kier alpha value is -3.91. The van der Waals surface area contributed by atoms with Gasteiger partial charge in [0.15, 0.2) is 5.69 Å². The molecular weight excluding hydrogens is 404 g/mol. The third-order valence-corrected chi connectivity index (χ3v) is 4.56. The second-order valence-electron chi connectivity index (χ2n) is 6.53. The van der Waals surface area contributed by atoms with Crippen molar-refractivity contribution in [2.75, 3.05) is 10.6 Å². The van der Waals surface area contributed by atoms with Gasteiger partial charge in [0.25, 0.3) is 11.8 Å². The first-order valence-electron chi connectivity index (χ1n) is 9.02. The molecule has 30 heavy (non-hydrogen) atoms. The summed E-state index contributed by atoms with van der Waals surface area (Å²) in [6.07, 6.45) is 1.70. The van der Waals surface area contributed by atoms with E-state index in [-0.39, 0.29) is 11.8 Å². The van der Waals surface area contributed by atoms with Crippen molar-refractivity contribution < 1.29 is 9.59 Å². The molecule has 2 heterocycles. The Kier molecular flexibility index (Phi) is 5.32. The summed E-state index contributed by atoms with van der Waals surface area (Å²) in [6.45, 7) is 0. The highest BCUT2D eigenvalue weighted by atomic mass is 35.5. The number of anilines is 2. The minimum absolute atomic E-state index is 0.306. The number of aryl methyl sites for hydroxylation is 1. The zero-order chi connectivity index (χ0) is 21.1. The lowest BCUT2D eigenvalue weighted by atomic mass is 10.1. The number of amides is 2. The topological polar surface area (TPSA) is 105 Å². The molecule has 0 bridgehead atoms. The highest BCUT2D eigenvalue weighted by molar-refractivity contribution is 6.30. The third-order valence-electron chi connectivity index (χ3n) is 4.31. The van der Waals surface area contributed by atoms with Crippen molar-refractivity contribution in [3.63, 3.8) is 0 Å². The minimum atomic E-state index is -0.326. The predicted octanol–water partition coefficient (Wildman–Crippen LogP) is 3.97. The number of H-pyrrole nitrogens is 1. The molecule has 9 heteroatoms. The Labute approximate surface area is 176 Å². The van der Waals surface area contributed by atoms with Gasteiger partial charge in [0.05, 0.1) is 5.69 Å². The molecule has 0 aliphatic rings. The molecule has 0 aliphatic carbocycles. The number of halogens is 1. The minimum Gasteiger partial charge on any atom is -0.321 e. The van der Waals surface area contributed by atoms with Crippen LogP contribution < -0.4 is 10.6 Å². The van der Waals surface area contributed by atoms with Crippen LogP contribution >= 0.6 is 11.6 Å². The normalized spacial score (nSPS) is 10.6. The van der Waals surface area contributed by atoms with Gasteiger partial charge in [-0.2, -0.15) is 10.2 Å². The molecule has 0 saturated carbocycles. The van der Waals surface area contributed by atoms with Crippen molar-refractivity contribution in [3.8, 4) is 11.3 Å². The summed E-state index contributed by atoms with van der Waals surface area (Å²) in [6, 6.07) is 17.3. The van der Waals surface area contributed by atoms with Crippen LogP contribution in [0, 0.1) is 0 Å². The maximum absolute atomic E-state index is 12.5. The van der Waals surface area contributed by atoms with Crippen molar-refractivity contribution in [2.24, 2.45) is 7.05 Å². The van der Waals surface area contributed by atoms with Crippen LogP contribution in [0.1, 0.15) is 21.0 Å². The van der Waals surface area contributed by atoms with E-state index in [0.717, 1.165) is 5.56 Å². The summed E-state index contributed by atoms with van der Waals surface area (Å²) in [5, 5.41) is 17.1. The lowest BCUT2D eigenvalue weighted by Gasteiger charge is -2.06. The average molecular weight is 421 g/mol. The molecule has 4 aromatic rings. The SMILES string of the molecule is Cn1ccc(C(=O)Nc2ccc(NC(=O)c3cc(-c4ccc(Cl)cc4)n[nH]3)cc2)n1. The van der Waals surface area contributed by atoms with E-state index in [2.05, 4.69) is 25.9 Å². The number of aromatic amines is 1. The van der Waals surface area contributed by atoms with Crippen LogP contribution in [0.5, 0.6) is 0 Å². The monoisotopic (exact) mass is 420 g/mol. The van der Waals surface area contributed by atoms with Gasteiger partial charge in [-0.3, -0.25) is 19.4 Å². The lowest BCUT2D eigenvalue weighted by Crippen LogP contribution is -2.14. The molecule has 0 saturated heterocycles. The van der Waals surface area contributed by atoms with Gasteiger partial charge in [0, 0.05) is 35.2 Å². The predicted molar refractivity (Wildman–Crippen MR) is 115 cm³/mol. The first-order valence-corrected chi connectivity index (χ1v) is 9.39. The van der Waals surface area contributed by atoms with Crippen molar-refractivity contribution in [1.82, 2.24) is 20.0 Å². The van der Waals surface area contributed by atoms with Crippen LogP contribution in [0.4, 0.5) is 11.4 Å². The fourth-order valence-electron chi connectivity index (χ4n) is 2.77. The number of carbonyl (C=O) groups excluding carboxylic acids is 2. The van der Waals surface area contributed by atoms with E-state index in [9.17, 15) is 9.59 Å². The fraction of sp³-hybridized carbons (Fsp3) is 0.0476. The lowest BCUT2D eigenvalue weighted by molar-refractivity contribution is 0.101. The molecule has 3 N–H and O–H groups in total. The zero-order valence-corrected chi connectivity index (χ0v) is 16.6. The Balaban J connectivity index is 1.39. The molecule has 0 unspecified atom stereocenters. The highest BCUT2D eigenvalue weighted by Gasteiger charge is 2.12. The molecule has 2 amide bonds. The number of rotatable bonds is 5. The maximum atomic E-state index is 12.5. The highest BCUT2D eigenvalue weighted by Crippen LogP contribution is 2.21. The Morgan fingerprint density at radius 3 is 2.17 bits per heavy atom. The summed E-state index contributed by atoms with van der Waals surface area (Å²) in [5.41, 5.74) is 3.32. The van der Waals surface area contributed by atoms with Crippen molar-refractivity contribution in [3.05, 3.63) is 83.3 Å². The first kappa shape index (κ1) is 19.4. The first-order chi connectivity index (χ1) is 14.5. The van der Waals surface area contributed by atoms with Crippen LogP contribution in [0.15, 0.2) is 66.9 Å². The van der Waals surface area contributed by atoms with Crippen molar-refractivity contribution >= 4 is 34.8 Å². The third kappa shape index (κ3) is 4.39. The van der Waals surface area contributed by atoms with Crippen LogP contribution in [-0.2, 0) is 7.05 Å². The van der Waals surface area contributed by atoms with Crippen molar-refractivity contribution in [2.45, 2.75) is 0 Å². The van der Waals surface area contributed by atoms with Gasteiger partial charge in [0.1, 0.15) is 5.69 Å². The second kappa shape index (κ2) is 8.22.